The molecule has 1 aromatic carbocycles. The van der Waals surface area contributed by atoms with Gasteiger partial charge in [-0.1, -0.05) is 0 Å². The Bertz CT molecular complexity index is 376. The summed E-state index contributed by atoms with van der Waals surface area (Å²) in [7, 11) is 1.84. The third-order valence-corrected chi connectivity index (χ3v) is 2.20. The van der Waals surface area contributed by atoms with Gasteiger partial charge in [-0.25, -0.2) is 0 Å². The summed E-state index contributed by atoms with van der Waals surface area (Å²) in [6, 6.07) is 5.58. The Morgan fingerprint density at radius 2 is 2.29 bits per heavy atom. The van der Waals surface area contributed by atoms with Crippen molar-refractivity contribution in [3.63, 3.8) is 0 Å². The molecule has 74 valence electrons. The van der Waals surface area contributed by atoms with Gasteiger partial charge >= 0.3 is 0 Å². The van der Waals surface area contributed by atoms with Crippen molar-refractivity contribution in [1.29, 1.82) is 0 Å². The highest BCUT2D eigenvalue weighted by molar-refractivity contribution is 5.97. The van der Waals surface area contributed by atoms with Crippen molar-refractivity contribution < 1.29 is 9.53 Å². The summed E-state index contributed by atoms with van der Waals surface area (Å²) in [6.07, 6.45) is -0.422. The zero-order chi connectivity index (χ0) is 10.1. The minimum atomic E-state index is -0.422. The van der Waals surface area contributed by atoms with Crippen molar-refractivity contribution in [3.05, 3.63) is 18.2 Å². The molecule has 0 bridgehead atoms. The summed E-state index contributed by atoms with van der Waals surface area (Å²) in [6.45, 7) is 1.73. The molecule has 0 saturated carbocycles. The molecule has 1 atom stereocenters. The van der Waals surface area contributed by atoms with Crippen LogP contribution in [0.5, 0.6) is 5.75 Å². The van der Waals surface area contributed by atoms with Gasteiger partial charge in [-0.3, -0.25) is 4.79 Å². The summed E-state index contributed by atoms with van der Waals surface area (Å²) < 4.78 is 5.43. The number of carbonyl (C=O) groups is 1. The van der Waals surface area contributed by atoms with Crippen molar-refractivity contribution in [2.45, 2.75) is 13.0 Å². The lowest BCUT2D eigenvalue weighted by atomic mass is 10.2. The largest absolute Gasteiger partial charge is 0.479 e. The minimum Gasteiger partial charge on any atom is -0.479 e. The van der Waals surface area contributed by atoms with E-state index in [9.17, 15) is 4.79 Å². The van der Waals surface area contributed by atoms with E-state index in [4.69, 9.17) is 4.74 Å². The van der Waals surface area contributed by atoms with E-state index < -0.39 is 6.10 Å². The lowest BCUT2D eigenvalue weighted by Crippen LogP contribution is -2.34. The molecule has 4 nitrogen and oxygen atoms in total. The van der Waals surface area contributed by atoms with Gasteiger partial charge in [0.15, 0.2) is 6.10 Å². The van der Waals surface area contributed by atoms with Gasteiger partial charge in [0.2, 0.25) is 0 Å². The maximum absolute atomic E-state index is 11.3. The van der Waals surface area contributed by atoms with Crippen LogP contribution in [-0.2, 0) is 4.79 Å². The Hall–Kier alpha value is -1.71. The highest BCUT2D eigenvalue weighted by Crippen LogP contribution is 2.31. The lowest BCUT2D eigenvalue weighted by Gasteiger charge is -2.23. The predicted molar refractivity (Wildman–Crippen MR) is 54.7 cm³/mol. The Balaban J connectivity index is 2.37. The molecule has 1 aromatic rings. The number of rotatable bonds is 1. The third-order valence-electron chi connectivity index (χ3n) is 2.20. The zero-order valence-corrected chi connectivity index (χ0v) is 8.13. The first kappa shape index (κ1) is 8.87. The van der Waals surface area contributed by atoms with Crippen LogP contribution in [0.1, 0.15) is 6.92 Å². The summed E-state index contributed by atoms with van der Waals surface area (Å²) in [5.74, 6) is 0.610. The van der Waals surface area contributed by atoms with E-state index in [1.165, 1.54) is 0 Å². The van der Waals surface area contributed by atoms with Gasteiger partial charge in [0.05, 0.1) is 5.69 Å². The fourth-order valence-corrected chi connectivity index (χ4v) is 1.36. The zero-order valence-electron chi connectivity index (χ0n) is 8.13. The molecular formula is C10H12N2O2. The van der Waals surface area contributed by atoms with Crippen LogP contribution in [0.4, 0.5) is 11.4 Å². The van der Waals surface area contributed by atoms with E-state index in [0.717, 1.165) is 11.4 Å². The number of hydrogen-bond donors (Lipinski definition) is 2. The second kappa shape index (κ2) is 3.21. The Kier molecular flexibility index (Phi) is 2.04. The van der Waals surface area contributed by atoms with Gasteiger partial charge in [-0.15, -0.1) is 0 Å². The molecule has 2 rings (SSSR count). The molecule has 4 heteroatoms. The molecule has 0 saturated heterocycles. The first-order chi connectivity index (χ1) is 6.70. The second-order valence-electron chi connectivity index (χ2n) is 3.21. The molecule has 1 amide bonds. The number of fused-ring (bicyclic) bond motifs is 1. The number of nitrogens with one attached hydrogen (secondary N) is 2. The highest BCUT2D eigenvalue weighted by Gasteiger charge is 2.23. The normalized spacial score (nSPS) is 19.3. The first-order valence-corrected chi connectivity index (χ1v) is 4.50. The number of ether oxygens (including phenoxy) is 1. The highest BCUT2D eigenvalue weighted by atomic mass is 16.5. The predicted octanol–water partition coefficient (Wildman–Crippen LogP) is 1.45. The fourth-order valence-electron chi connectivity index (χ4n) is 1.36. The van der Waals surface area contributed by atoms with E-state index in [1.807, 2.05) is 25.2 Å². The summed E-state index contributed by atoms with van der Waals surface area (Å²) in [4.78, 5) is 11.3. The van der Waals surface area contributed by atoms with Gasteiger partial charge in [0, 0.05) is 18.8 Å². The molecule has 1 aliphatic rings. The van der Waals surface area contributed by atoms with Crippen molar-refractivity contribution in [1.82, 2.24) is 0 Å². The standard InChI is InChI=1S/C10H12N2O2/c1-6-10(13)12-8-4-3-7(11-2)5-9(8)14-6/h3-6,11H,1-2H3,(H,12,13). The number of anilines is 2. The molecule has 14 heavy (non-hydrogen) atoms. The topological polar surface area (TPSA) is 50.4 Å². The molecule has 0 aromatic heterocycles. The third kappa shape index (κ3) is 1.39. The number of hydrogen-bond acceptors (Lipinski definition) is 3. The molecule has 1 heterocycles. The molecule has 2 N–H and O–H groups in total. The molecular weight excluding hydrogens is 180 g/mol. The van der Waals surface area contributed by atoms with Crippen LogP contribution >= 0.6 is 0 Å². The Morgan fingerprint density at radius 3 is 3.00 bits per heavy atom. The molecule has 0 aliphatic carbocycles. The van der Waals surface area contributed by atoms with Crippen LogP contribution in [0, 0.1) is 0 Å². The average Bonchev–Trinajstić information content (AvgIpc) is 2.19. The number of benzene rings is 1. The van der Waals surface area contributed by atoms with E-state index in [-0.39, 0.29) is 5.91 Å². The minimum absolute atomic E-state index is 0.102. The van der Waals surface area contributed by atoms with E-state index >= 15 is 0 Å². The Labute approximate surface area is 82.3 Å². The fraction of sp³-hybridized carbons (Fsp3) is 0.300. The van der Waals surface area contributed by atoms with E-state index in [2.05, 4.69) is 10.6 Å². The lowest BCUT2D eigenvalue weighted by molar-refractivity contribution is -0.122. The first-order valence-electron chi connectivity index (χ1n) is 4.50. The number of carbonyl (C=O) groups excluding carboxylic acids is 1. The van der Waals surface area contributed by atoms with E-state index in [0.29, 0.717) is 5.75 Å². The van der Waals surface area contributed by atoms with Crippen molar-refractivity contribution >= 4 is 17.3 Å². The van der Waals surface area contributed by atoms with Gasteiger partial charge in [-0.2, -0.15) is 0 Å². The summed E-state index contributed by atoms with van der Waals surface area (Å²) in [5, 5.41) is 5.78. The smallest absolute Gasteiger partial charge is 0.265 e. The van der Waals surface area contributed by atoms with Crippen LogP contribution in [0.2, 0.25) is 0 Å². The van der Waals surface area contributed by atoms with Crippen LogP contribution in [-0.4, -0.2) is 19.1 Å². The Morgan fingerprint density at radius 1 is 1.50 bits per heavy atom. The second-order valence-corrected chi connectivity index (χ2v) is 3.21. The molecule has 0 fully saturated rings. The van der Waals surface area contributed by atoms with Crippen molar-refractivity contribution in [2.24, 2.45) is 0 Å². The average molecular weight is 192 g/mol. The molecule has 0 radical (unpaired) electrons. The maximum Gasteiger partial charge on any atom is 0.265 e. The molecule has 1 unspecified atom stereocenters. The quantitative estimate of drug-likeness (QED) is 0.708. The molecule has 1 aliphatic heterocycles. The monoisotopic (exact) mass is 192 g/mol. The molecule has 0 spiro atoms. The van der Waals surface area contributed by atoms with Gasteiger partial charge < -0.3 is 15.4 Å². The van der Waals surface area contributed by atoms with Gasteiger partial charge in [-0.05, 0) is 19.1 Å². The van der Waals surface area contributed by atoms with Crippen LogP contribution in [0.25, 0.3) is 0 Å². The number of amides is 1. The summed E-state index contributed by atoms with van der Waals surface area (Å²) in [5.41, 5.74) is 1.69. The van der Waals surface area contributed by atoms with E-state index in [1.54, 1.807) is 6.92 Å². The van der Waals surface area contributed by atoms with Crippen molar-refractivity contribution in [3.8, 4) is 5.75 Å². The summed E-state index contributed by atoms with van der Waals surface area (Å²) >= 11 is 0. The van der Waals surface area contributed by atoms with Crippen LogP contribution < -0.4 is 15.4 Å². The maximum atomic E-state index is 11.3. The van der Waals surface area contributed by atoms with Crippen molar-refractivity contribution in [2.75, 3.05) is 17.7 Å². The SMILES string of the molecule is CNc1ccc2c(c1)OC(C)C(=O)N2. The van der Waals surface area contributed by atoms with Gasteiger partial charge in [0.1, 0.15) is 5.75 Å². The van der Waals surface area contributed by atoms with Gasteiger partial charge in [0.25, 0.3) is 5.91 Å². The van der Waals surface area contributed by atoms with Crippen LogP contribution in [0.3, 0.4) is 0 Å². The van der Waals surface area contributed by atoms with Crippen LogP contribution in [0.15, 0.2) is 18.2 Å².